The fraction of sp³-hybridized carbons (Fsp3) is 0.316. The summed E-state index contributed by atoms with van der Waals surface area (Å²) in [5.74, 6) is 0.972. The summed E-state index contributed by atoms with van der Waals surface area (Å²) in [5, 5.41) is 0. The Morgan fingerprint density at radius 2 is 1.96 bits per heavy atom. The van der Waals surface area contributed by atoms with Crippen molar-refractivity contribution >= 4 is 11.6 Å². The first-order valence-electron chi connectivity index (χ1n) is 8.18. The Balaban J connectivity index is 2.11. The molecule has 5 nitrogen and oxygen atoms in total. The summed E-state index contributed by atoms with van der Waals surface area (Å²) in [6, 6.07) is 9.18. The lowest BCUT2D eigenvalue weighted by atomic mass is 10.1. The van der Waals surface area contributed by atoms with Crippen molar-refractivity contribution in [1.29, 1.82) is 0 Å². The molecule has 0 amide bonds. The van der Waals surface area contributed by atoms with Crippen LogP contribution in [-0.4, -0.2) is 27.3 Å². The molecule has 0 saturated heterocycles. The van der Waals surface area contributed by atoms with Gasteiger partial charge < -0.3 is 4.74 Å². The van der Waals surface area contributed by atoms with Crippen LogP contribution in [0, 0.1) is 6.92 Å². The lowest BCUT2D eigenvalue weighted by molar-refractivity contribution is 0.103. The van der Waals surface area contributed by atoms with E-state index in [-0.39, 0.29) is 5.78 Å². The van der Waals surface area contributed by atoms with Crippen LogP contribution < -0.4 is 4.74 Å². The molecule has 0 N–H and O–H groups in total. The lowest BCUT2D eigenvalue weighted by Crippen LogP contribution is -2.05. The number of carbonyl (C=O) groups excluding carboxylic acids is 1. The van der Waals surface area contributed by atoms with Crippen molar-refractivity contribution in [3.8, 4) is 5.88 Å². The predicted molar refractivity (Wildman–Crippen MR) is 92.8 cm³/mol. The molecule has 5 heteroatoms. The molecule has 0 bridgehead atoms. The van der Waals surface area contributed by atoms with E-state index in [1.165, 1.54) is 0 Å². The summed E-state index contributed by atoms with van der Waals surface area (Å²) in [5.41, 5.74) is 3.12. The third kappa shape index (κ3) is 2.89. The van der Waals surface area contributed by atoms with Gasteiger partial charge in [0, 0.05) is 23.0 Å². The van der Waals surface area contributed by atoms with Gasteiger partial charge in [-0.1, -0.05) is 43.7 Å². The number of carbonyl (C=O) groups is 1. The number of hydrogen-bond acceptors (Lipinski definition) is 4. The van der Waals surface area contributed by atoms with Gasteiger partial charge in [0.1, 0.15) is 5.69 Å². The first-order valence-corrected chi connectivity index (χ1v) is 8.18. The molecule has 24 heavy (non-hydrogen) atoms. The van der Waals surface area contributed by atoms with E-state index in [9.17, 15) is 4.79 Å². The second-order valence-corrected chi connectivity index (χ2v) is 5.79. The van der Waals surface area contributed by atoms with Crippen LogP contribution in [0.2, 0.25) is 0 Å². The smallest absolute Gasteiger partial charge is 0.238 e. The number of rotatable bonds is 6. The molecule has 0 aliphatic carbocycles. The number of hydrogen-bond donors (Lipinski definition) is 0. The van der Waals surface area contributed by atoms with Crippen molar-refractivity contribution in [3.05, 3.63) is 59.0 Å². The first-order chi connectivity index (χ1) is 11.7. The topological polar surface area (TPSA) is 56.5 Å². The van der Waals surface area contributed by atoms with Crippen molar-refractivity contribution in [2.24, 2.45) is 0 Å². The van der Waals surface area contributed by atoms with Crippen LogP contribution in [0.1, 0.15) is 47.1 Å². The monoisotopic (exact) mass is 323 g/mol. The summed E-state index contributed by atoms with van der Waals surface area (Å²) < 4.78 is 7.30. The summed E-state index contributed by atoms with van der Waals surface area (Å²) >= 11 is 0. The van der Waals surface area contributed by atoms with Gasteiger partial charge in [-0.3, -0.25) is 9.20 Å². The Labute approximate surface area is 141 Å². The fourth-order valence-electron chi connectivity index (χ4n) is 2.82. The van der Waals surface area contributed by atoms with Crippen LogP contribution >= 0.6 is 0 Å². The molecule has 0 aliphatic rings. The van der Waals surface area contributed by atoms with Gasteiger partial charge in [0.2, 0.25) is 17.4 Å². The molecule has 0 aliphatic heterocycles. The van der Waals surface area contributed by atoms with E-state index in [4.69, 9.17) is 4.74 Å². The van der Waals surface area contributed by atoms with Crippen molar-refractivity contribution in [2.45, 2.75) is 33.1 Å². The maximum Gasteiger partial charge on any atom is 0.238 e. The Morgan fingerprint density at radius 3 is 2.62 bits per heavy atom. The van der Waals surface area contributed by atoms with Gasteiger partial charge in [-0.2, -0.15) is 4.98 Å². The van der Waals surface area contributed by atoms with E-state index in [0.717, 1.165) is 30.5 Å². The Morgan fingerprint density at radius 1 is 1.21 bits per heavy atom. The maximum atomic E-state index is 12.6. The summed E-state index contributed by atoms with van der Waals surface area (Å²) in [7, 11) is 1.61. The van der Waals surface area contributed by atoms with Crippen LogP contribution in [0.15, 0.2) is 36.5 Å². The molecule has 0 unspecified atom stereocenters. The zero-order valence-corrected chi connectivity index (χ0v) is 14.2. The quantitative estimate of drug-likeness (QED) is 0.650. The third-order valence-corrected chi connectivity index (χ3v) is 4.16. The van der Waals surface area contributed by atoms with Gasteiger partial charge in [-0.25, -0.2) is 4.98 Å². The molecule has 3 rings (SSSR count). The number of imidazole rings is 1. The molecule has 0 spiro atoms. The van der Waals surface area contributed by atoms with Gasteiger partial charge in [-0.15, -0.1) is 0 Å². The Bertz CT molecular complexity index is 869. The molecule has 2 heterocycles. The van der Waals surface area contributed by atoms with E-state index in [1.807, 2.05) is 29.5 Å². The SMILES string of the molecule is CCCCc1c(C)c(OC)nc2nc(C(=O)c3ccccc3)cn12. The minimum atomic E-state index is -0.0980. The second-order valence-electron chi connectivity index (χ2n) is 5.79. The number of unbranched alkanes of at least 4 members (excludes halogenated alkanes) is 1. The van der Waals surface area contributed by atoms with E-state index >= 15 is 0 Å². The Hall–Kier alpha value is -2.69. The average Bonchev–Trinajstić information content (AvgIpc) is 3.04. The van der Waals surface area contributed by atoms with E-state index in [1.54, 1.807) is 25.4 Å². The number of aromatic nitrogens is 3. The molecule has 0 saturated carbocycles. The maximum absolute atomic E-state index is 12.6. The highest BCUT2D eigenvalue weighted by Crippen LogP contribution is 2.23. The highest BCUT2D eigenvalue weighted by molar-refractivity contribution is 6.07. The molecule has 124 valence electrons. The van der Waals surface area contributed by atoms with Crippen molar-refractivity contribution < 1.29 is 9.53 Å². The average molecular weight is 323 g/mol. The zero-order chi connectivity index (χ0) is 17.1. The van der Waals surface area contributed by atoms with Gasteiger partial charge in [0.15, 0.2) is 0 Å². The van der Waals surface area contributed by atoms with Crippen LogP contribution in [0.5, 0.6) is 5.88 Å². The molecule has 2 aromatic heterocycles. The first kappa shape index (κ1) is 16.2. The highest BCUT2D eigenvalue weighted by Gasteiger charge is 2.18. The molecule has 0 atom stereocenters. The molecule has 1 aromatic carbocycles. The summed E-state index contributed by atoms with van der Waals surface area (Å²) in [4.78, 5) is 21.5. The number of nitrogens with zero attached hydrogens (tertiary/aromatic N) is 3. The number of ether oxygens (including phenoxy) is 1. The standard InChI is InChI=1S/C19H21N3O2/c1-4-5-11-16-13(2)18(24-3)21-19-20-15(12-22(16)19)17(23)14-9-7-6-8-10-14/h6-10,12H,4-5,11H2,1-3H3. The van der Waals surface area contributed by atoms with E-state index in [0.29, 0.717) is 22.9 Å². The number of fused-ring (bicyclic) bond motifs is 1. The van der Waals surface area contributed by atoms with Crippen molar-refractivity contribution in [1.82, 2.24) is 14.4 Å². The van der Waals surface area contributed by atoms with E-state index < -0.39 is 0 Å². The van der Waals surface area contributed by atoms with Crippen LogP contribution in [0.3, 0.4) is 0 Å². The minimum absolute atomic E-state index is 0.0980. The number of ketones is 1. The van der Waals surface area contributed by atoms with Gasteiger partial charge in [-0.05, 0) is 19.8 Å². The van der Waals surface area contributed by atoms with Crippen molar-refractivity contribution in [2.75, 3.05) is 7.11 Å². The van der Waals surface area contributed by atoms with Crippen LogP contribution in [-0.2, 0) is 6.42 Å². The number of benzene rings is 1. The summed E-state index contributed by atoms with van der Waals surface area (Å²) in [6.45, 7) is 4.15. The highest BCUT2D eigenvalue weighted by atomic mass is 16.5. The number of methoxy groups -OCH3 is 1. The van der Waals surface area contributed by atoms with Gasteiger partial charge >= 0.3 is 0 Å². The molecule has 0 radical (unpaired) electrons. The Kier molecular flexibility index (Phi) is 4.60. The minimum Gasteiger partial charge on any atom is -0.481 e. The molecular formula is C19H21N3O2. The summed E-state index contributed by atoms with van der Waals surface area (Å²) in [6.07, 6.45) is 4.83. The molecular weight excluding hydrogens is 302 g/mol. The van der Waals surface area contributed by atoms with E-state index in [2.05, 4.69) is 16.9 Å². The van der Waals surface area contributed by atoms with Crippen LogP contribution in [0.4, 0.5) is 0 Å². The fourth-order valence-corrected chi connectivity index (χ4v) is 2.82. The van der Waals surface area contributed by atoms with Crippen LogP contribution in [0.25, 0.3) is 5.78 Å². The normalized spacial score (nSPS) is 11.0. The predicted octanol–water partition coefficient (Wildman–Crippen LogP) is 3.62. The third-order valence-electron chi connectivity index (χ3n) is 4.16. The van der Waals surface area contributed by atoms with Gasteiger partial charge in [0.25, 0.3) is 0 Å². The van der Waals surface area contributed by atoms with Crippen molar-refractivity contribution in [3.63, 3.8) is 0 Å². The van der Waals surface area contributed by atoms with Gasteiger partial charge in [0.05, 0.1) is 7.11 Å². The number of aryl methyl sites for hydroxylation is 1. The second kappa shape index (κ2) is 6.83. The zero-order valence-electron chi connectivity index (χ0n) is 14.2. The molecule has 3 aromatic rings. The molecule has 0 fully saturated rings. The largest absolute Gasteiger partial charge is 0.481 e. The lowest BCUT2D eigenvalue weighted by Gasteiger charge is -2.11.